The molecule has 4 heterocycles. The summed E-state index contributed by atoms with van der Waals surface area (Å²) in [5.74, 6) is 0.681. The highest BCUT2D eigenvalue weighted by molar-refractivity contribution is 7.80. The molecule has 1 amide bonds. The molecule has 0 radical (unpaired) electrons. The van der Waals surface area contributed by atoms with Crippen molar-refractivity contribution in [2.24, 2.45) is 0 Å². The Morgan fingerprint density at radius 3 is 2.56 bits per heavy atom. The zero-order valence-electron chi connectivity index (χ0n) is 22.7. The van der Waals surface area contributed by atoms with Crippen LogP contribution < -0.4 is 15.5 Å². The monoisotopic (exact) mass is 540 g/mol. The minimum atomic E-state index is -0.197. The Bertz CT molecular complexity index is 1520. The number of benzene rings is 1. The number of hydrogen-bond donors (Lipinski definition) is 2. The molecule has 1 fully saturated rings. The van der Waals surface area contributed by atoms with Gasteiger partial charge in [-0.1, -0.05) is 12.1 Å². The fraction of sp³-hybridized carbons (Fsp3) is 0.267. The molecule has 0 spiro atoms. The van der Waals surface area contributed by atoms with Crippen molar-refractivity contribution in [2.45, 2.75) is 39.8 Å². The van der Waals surface area contributed by atoms with Crippen LogP contribution in [0.15, 0.2) is 67.0 Å². The Hall–Kier alpha value is -4.08. The fourth-order valence-electron chi connectivity index (χ4n) is 5.24. The summed E-state index contributed by atoms with van der Waals surface area (Å²) in [6.45, 7) is 8.23. The third-order valence-corrected chi connectivity index (χ3v) is 7.36. The number of pyridine rings is 2. The van der Waals surface area contributed by atoms with Gasteiger partial charge in [0.05, 0.1) is 17.8 Å². The second kappa shape index (κ2) is 11.0. The average molecular weight is 541 g/mol. The van der Waals surface area contributed by atoms with Crippen LogP contribution in [0.2, 0.25) is 0 Å². The van der Waals surface area contributed by atoms with Gasteiger partial charge in [-0.15, -0.1) is 0 Å². The zero-order chi connectivity index (χ0) is 27.7. The number of ether oxygens (including phenoxy) is 1. The number of nitrogens with one attached hydrogen (secondary N) is 2. The summed E-state index contributed by atoms with van der Waals surface area (Å²) in [7, 11) is 1.50. The van der Waals surface area contributed by atoms with Crippen molar-refractivity contribution in [2.75, 3.05) is 23.9 Å². The lowest BCUT2D eigenvalue weighted by Gasteiger charge is -2.29. The van der Waals surface area contributed by atoms with Crippen LogP contribution in [0.25, 0.3) is 5.82 Å². The molecule has 1 aliphatic heterocycles. The smallest absolute Gasteiger partial charge is 0.250 e. The summed E-state index contributed by atoms with van der Waals surface area (Å²) in [5, 5.41) is 7.06. The van der Waals surface area contributed by atoms with Gasteiger partial charge in [-0.2, -0.15) is 0 Å². The van der Waals surface area contributed by atoms with E-state index in [1.54, 1.807) is 6.20 Å². The molecule has 2 atom stereocenters. The predicted molar refractivity (Wildman–Crippen MR) is 157 cm³/mol. The van der Waals surface area contributed by atoms with Crippen LogP contribution in [0, 0.1) is 27.7 Å². The van der Waals surface area contributed by atoms with Crippen LogP contribution in [0.3, 0.4) is 0 Å². The number of methoxy groups -OCH3 is 1. The minimum Gasteiger partial charge on any atom is -0.375 e. The summed E-state index contributed by atoms with van der Waals surface area (Å²) in [6, 6.07) is 17.9. The van der Waals surface area contributed by atoms with E-state index in [0.717, 1.165) is 51.0 Å². The Morgan fingerprint density at radius 1 is 1.08 bits per heavy atom. The van der Waals surface area contributed by atoms with Crippen molar-refractivity contribution in [1.82, 2.24) is 19.9 Å². The molecule has 0 unspecified atom stereocenters. The molecule has 2 N–H and O–H groups in total. The van der Waals surface area contributed by atoms with E-state index in [1.807, 2.05) is 62.5 Å². The van der Waals surface area contributed by atoms with Crippen molar-refractivity contribution in [1.29, 1.82) is 0 Å². The first-order chi connectivity index (χ1) is 18.8. The number of rotatable bonds is 7. The van der Waals surface area contributed by atoms with Gasteiger partial charge < -0.3 is 24.8 Å². The quantitative estimate of drug-likeness (QED) is 0.309. The number of aryl methyl sites for hydroxylation is 3. The highest BCUT2D eigenvalue weighted by atomic mass is 32.1. The third kappa shape index (κ3) is 5.15. The molecule has 1 aliphatic rings. The van der Waals surface area contributed by atoms with Gasteiger partial charge in [0.15, 0.2) is 5.11 Å². The molecule has 1 aromatic carbocycles. The fourth-order valence-corrected chi connectivity index (χ4v) is 5.58. The van der Waals surface area contributed by atoms with Gasteiger partial charge in [-0.25, -0.2) is 4.98 Å². The Balaban J connectivity index is 1.60. The standard InChI is InChI=1S/C30H32N6O2S/c1-18-9-12-26(32-16-18)35-20(3)15-23(21(35)4)29-28(25-8-6-7-13-31-25)34-30(39)36(29)22-10-11-24(19(2)14-22)33-27(37)17-38-5/h6-16,28-29H,17H2,1-5H3,(H,33,37)(H,34,39)/t28-,29-/m0/s1. The maximum atomic E-state index is 12.1. The molecular formula is C30H32N6O2S. The van der Waals surface area contributed by atoms with Crippen LogP contribution in [-0.2, 0) is 9.53 Å². The Labute approximate surface area is 234 Å². The number of hydrogen-bond acceptors (Lipinski definition) is 5. The number of aromatic nitrogens is 3. The zero-order valence-corrected chi connectivity index (χ0v) is 23.5. The van der Waals surface area contributed by atoms with Gasteiger partial charge >= 0.3 is 0 Å². The second-order valence-electron chi connectivity index (χ2n) is 9.83. The first-order valence-electron chi connectivity index (χ1n) is 12.8. The molecule has 0 aliphatic carbocycles. The Morgan fingerprint density at radius 2 is 1.90 bits per heavy atom. The molecule has 5 rings (SSSR count). The van der Waals surface area contributed by atoms with Gasteiger partial charge in [-0.05, 0) is 99.1 Å². The first-order valence-corrected chi connectivity index (χ1v) is 13.2. The van der Waals surface area contributed by atoms with Gasteiger partial charge in [0.25, 0.3) is 0 Å². The number of thiocarbonyl (C=S) groups is 1. The highest BCUT2D eigenvalue weighted by Gasteiger charge is 2.42. The van der Waals surface area contributed by atoms with Crippen molar-refractivity contribution in [3.8, 4) is 5.82 Å². The molecule has 9 heteroatoms. The van der Waals surface area contributed by atoms with E-state index in [1.165, 1.54) is 7.11 Å². The number of carbonyl (C=O) groups excluding carboxylic acids is 1. The second-order valence-corrected chi connectivity index (χ2v) is 10.2. The molecule has 0 saturated carbocycles. The summed E-state index contributed by atoms with van der Waals surface area (Å²) in [5.41, 5.74) is 7.92. The van der Waals surface area contributed by atoms with E-state index < -0.39 is 0 Å². The molecule has 8 nitrogen and oxygen atoms in total. The number of nitrogens with zero attached hydrogens (tertiary/aromatic N) is 4. The highest BCUT2D eigenvalue weighted by Crippen LogP contribution is 2.44. The van der Waals surface area contributed by atoms with Crippen LogP contribution in [0.4, 0.5) is 11.4 Å². The van der Waals surface area contributed by atoms with Crippen molar-refractivity contribution >= 4 is 34.6 Å². The normalized spacial score (nSPS) is 16.8. The summed E-state index contributed by atoms with van der Waals surface area (Å²) in [4.78, 5) is 23.6. The van der Waals surface area contributed by atoms with E-state index in [2.05, 4.69) is 56.0 Å². The van der Waals surface area contributed by atoms with E-state index in [4.69, 9.17) is 17.0 Å². The van der Waals surface area contributed by atoms with Crippen LogP contribution in [-0.4, -0.2) is 39.3 Å². The molecule has 200 valence electrons. The van der Waals surface area contributed by atoms with Crippen LogP contribution >= 0.6 is 12.2 Å². The molecule has 3 aromatic heterocycles. The lowest BCUT2D eigenvalue weighted by Crippen LogP contribution is -2.29. The van der Waals surface area contributed by atoms with Crippen molar-refractivity contribution in [3.05, 3.63) is 101 Å². The largest absolute Gasteiger partial charge is 0.375 e. The summed E-state index contributed by atoms with van der Waals surface area (Å²) in [6.07, 6.45) is 3.69. The lowest BCUT2D eigenvalue weighted by atomic mass is 9.96. The maximum Gasteiger partial charge on any atom is 0.250 e. The predicted octanol–water partition coefficient (Wildman–Crippen LogP) is 5.26. The molecule has 1 saturated heterocycles. The molecule has 0 bridgehead atoms. The minimum absolute atomic E-state index is 0.000605. The van der Waals surface area contributed by atoms with Crippen molar-refractivity contribution in [3.63, 3.8) is 0 Å². The topological polar surface area (TPSA) is 84.3 Å². The van der Waals surface area contributed by atoms with Crippen LogP contribution in [0.1, 0.15) is 45.9 Å². The SMILES string of the molecule is COCC(=O)Nc1ccc(N2C(=S)N[C@@H](c3ccccn3)[C@@H]2c2cc(C)n(-c3ccc(C)cn3)c2C)cc1C. The lowest BCUT2D eigenvalue weighted by molar-refractivity contribution is -0.119. The van der Waals surface area contributed by atoms with Gasteiger partial charge in [0.2, 0.25) is 5.91 Å². The molecular weight excluding hydrogens is 508 g/mol. The van der Waals surface area contributed by atoms with Crippen LogP contribution in [0.5, 0.6) is 0 Å². The van der Waals surface area contributed by atoms with E-state index in [9.17, 15) is 4.79 Å². The molecule has 4 aromatic rings. The maximum absolute atomic E-state index is 12.1. The number of anilines is 2. The number of amides is 1. The van der Waals surface area contributed by atoms with Gasteiger partial charge in [-0.3, -0.25) is 9.78 Å². The van der Waals surface area contributed by atoms with E-state index in [-0.39, 0.29) is 24.6 Å². The third-order valence-electron chi connectivity index (χ3n) is 7.05. The summed E-state index contributed by atoms with van der Waals surface area (Å²) < 4.78 is 7.14. The van der Waals surface area contributed by atoms with Gasteiger partial charge in [0, 0.05) is 42.3 Å². The van der Waals surface area contributed by atoms with E-state index >= 15 is 0 Å². The van der Waals surface area contributed by atoms with Gasteiger partial charge in [0.1, 0.15) is 12.4 Å². The number of carbonyl (C=O) groups is 1. The average Bonchev–Trinajstić information content (AvgIpc) is 3.41. The molecule has 39 heavy (non-hydrogen) atoms. The Kier molecular flexibility index (Phi) is 7.45. The summed E-state index contributed by atoms with van der Waals surface area (Å²) >= 11 is 5.93. The first kappa shape index (κ1) is 26.5. The van der Waals surface area contributed by atoms with E-state index in [0.29, 0.717) is 5.11 Å². The van der Waals surface area contributed by atoms with Crippen molar-refractivity contribution < 1.29 is 9.53 Å².